The fraction of sp³-hybridized carbons (Fsp3) is 0.421. The van der Waals surface area contributed by atoms with Crippen LogP contribution in [0.5, 0.6) is 0 Å². The highest BCUT2D eigenvalue weighted by Crippen LogP contribution is 2.11. The highest BCUT2D eigenvalue weighted by atomic mass is 16.6. The van der Waals surface area contributed by atoms with Gasteiger partial charge in [0.05, 0.1) is 20.3 Å². The van der Waals surface area contributed by atoms with Crippen molar-refractivity contribution in [1.29, 1.82) is 0 Å². The minimum atomic E-state index is -0.829. The van der Waals surface area contributed by atoms with Crippen LogP contribution in [0.2, 0.25) is 0 Å². The molecule has 0 saturated carbocycles. The standard InChI is InChI=1S/C19H25NO6/c1-13(2)10-15(11-16(17(21)24-3)18(22)25-4)20-19(23)26-12-14-8-6-5-7-9-14/h5-9,11,13,15H,10,12H2,1-4H3,(H,20,23)/t15-/m0/s1. The summed E-state index contributed by atoms with van der Waals surface area (Å²) in [4.78, 5) is 35.7. The molecule has 0 aromatic heterocycles. The van der Waals surface area contributed by atoms with Crippen molar-refractivity contribution in [1.82, 2.24) is 5.32 Å². The van der Waals surface area contributed by atoms with Crippen LogP contribution in [-0.2, 0) is 30.4 Å². The van der Waals surface area contributed by atoms with Gasteiger partial charge in [-0.2, -0.15) is 0 Å². The molecule has 0 aliphatic rings. The van der Waals surface area contributed by atoms with E-state index in [0.717, 1.165) is 19.8 Å². The van der Waals surface area contributed by atoms with Crippen molar-refractivity contribution < 1.29 is 28.6 Å². The van der Waals surface area contributed by atoms with Gasteiger partial charge in [-0.1, -0.05) is 44.2 Å². The second-order valence-electron chi connectivity index (χ2n) is 6.01. The Morgan fingerprint density at radius 3 is 2.12 bits per heavy atom. The van der Waals surface area contributed by atoms with Crippen LogP contribution >= 0.6 is 0 Å². The van der Waals surface area contributed by atoms with Crippen LogP contribution in [0.4, 0.5) is 4.79 Å². The average molecular weight is 363 g/mol. The van der Waals surface area contributed by atoms with Gasteiger partial charge in [0.1, 0.15) is 12.2 Å². The van der Waals surface area contributed by atoms with Gasteiger partial charge in [0.2, 0.25) is 0 Å². The number of carbonyl (C=O) groups is 3. The van der Waals surface area contributed by atoms with E-state index in [4.69, 9.17) is 4.74 Å². The molecule has 1 aromatic carbocycles. The smallest absolute Gasteiger partial charge is 0.407 e. The number of amides is 1. The highest BCUT2D eigenvalue weighted by Gasteiger charge is 2.23. The Morgan fingerprint density at radius 1 is 1.04 bits per heavy atom. The Morgan fingerprint density at radius 2 is 1.62 bits per heavy atom. The third-order valence-electron chi connectivity index (χ3n) is 3.42. The van der Waals surface area contributed by atoms with Crippen LogP contribution in [0, 0.1) is 5.92 Å². The molecule has 142 valence electrons. The third-order valence-corrected chi connectivity index (χ3v) is 3.42. The molecule has 1 rings (SSSR count). The highest BCUT2D eigenvalue weighted by molar-refractivity contribution is 6.14. The van der Waals surface area contributed by atoms with Gasteiger partial charge in [-0.05, 0) is 24.0 Å². The molecule has 26 heavy (non-hydrogen) atoms. The van der Waals surface area contributed by atoms with Gasteiger partial charge in [0.25, 0.3) is 0 Å². The number of hydrogen-bond donors (Lipinski definition) is 1. The summed E-state index contributed by atoms with van der Waals surface area (Å²) in [6.07, 6.45) is 1.18. The molecule has 0 bridgehead atoms. The number of esters is 2. The van der Waals surface area contributed by atoms with Crippen molar-refractivity contribution in [3.05, 3.63) is 47.5 Å². The predicted octanol–water partition coefficient (Wildman–Crippen LogP) is 2.60. The van der Waals surface area contributed by atoms with Crippen molar-refractivity contribution in [2.75, 3.05) is 14.2 Å². The molecule has 1 aromatic rings. The Kier molecular flexibility index (Phi) is 8.91. The normalized spacial score (nSPS) is 11.3. The van der Waals surface area contributed by atoms with E-state index in [1.54, 1.807) is 0 Å². The van der Waals surface area contributed by atoms with E-state index in [1.165, 1.54) is 6.08 Å². The van der Waals surface area contributed by atoms with E-state index in [-0.39, 0.29) is 18.1 Å². The Bertz CT molecular complexity index is 621. The molecular formula is C19H25NO6. The van der Waals surface area contributed by atoms with Gasteiger partial charge >= 0.3 is 18.0 Å². The van der Waals surface area contributed by atoms with Crippen LogP contribution in [0.25, 0.3) is 0 Å². The summed E-state index contributed by atoms with van der Waals surface area (Å²) in [6, 6.07) is 8.65. The molecule has 1 atom stereocenters. The maximum absolute atomic E-state index is 12.1. The summed E-state index contributed by atoms with van der Waals surface area (Å²) in [6.45, 7) is 4.02. The van der Waals surface area contributed by atoms with E-state index in [2.05, 4.69) is 14.8 Å². The summed E-state index contributed by atoms with van der Waals surface area (Å²) >= 11 is 0. The molecule has 0 saturated heterocycles. The van der Waals surface area contributed by atoms with Crippen LogP contribution in [-0.4, -0.2) is 38.3 Å². The van der Waals surface area contributed by atoms with Crippen molar-refractivity contribution in [3.63, 3.8) is 0 Å². The minimum Gasteiger partial charge on any atom is -0.465 e. The lowest BCUT2D eigenvalue weighted by Crippen LogP contribution is -2.36. The number of methoxy groups -OCH3 is 2. The zero-order valence-electron chi connectivity index (χ0n) is 15.5. The fourth-order valence-corrected chi connectivity index (χ4v) is 2.23. The number of rotatable bonds is 8. The van der Waals surface area contributed by atoms with Gasteiger partial charge < -0.3 is 19.5 Å². The molecule has 7 heteroatoms. The van der Waals surface area contributed by atoms with Gasteiger partial charge in [-0.3, -0.25) is 0 Å². The molecule has 0 unspecified atom stereocenters. The lowest BCUT2D eigenvalue weighted by Gasteiger charge is -2.18. The zero-order chi connectivity index (χ0) is 19.5. The number of ether oxygens (including phenoxy) is 3. The third kappa shape index (κ3) is 7.38. The molecule has 0 radical (unpaired) electrons. The monoisotopic (exact) mass is 363 g/mol. The van der Waals surface area contributed by atoms with Crippen molar-refractivity contribution in [2.45, 2.75) is 32.9 Å². The molecule has 0 spiro atoms. The second-order valence-corrected chi connectivity index (χ2v) is 6.01. The van der Waals surface area contributed by atoms with Crippen LogP contribution in [0.1, 0.15) is 25.8 Å². The van der Waals surface area contributed by atoms with Gasteiger partial charge in [-0.25, -0.2) is 14.4 Å². The zero-order valence-corrected chi connectivity index (χ0v) is 15.5. The van der Waals surface area contributed by atoms with E-state index >= 15 is 0 Å². The summed E-state index contributed by atoms with van der Waals surface area (Å²) < 4.78 is 14.4. The Balaban J connectivity index is 2.83. The summed E-state index contributed by atoms with van der Waals surface area (Å²) in [7, 11) is 2.33. The van der Waals surface area contributed by atoms with E-state index < -0.39 is 24.1 Å². The van der Waals surface area contributed by atoms with Gasteiger partial charge in [0, 0.05) is 0 Å². The SMILES string of the molecule is COC(=O)C(=C[C@H](CC(C)C)NC(=O)OCc1ccccc1)C(=O)OC. The maximum atomic E-state index is 12.1. The number of nitrogens with one attached hydrogen (secondary N) is 1. The Labute approximate surface area is 153 Å². The number of hydrogen-bond acceptors (Lipinski definition) is 6. The molecule has 0 fully saturated rings. The minimum absolute atomic E-state index is 0.117. The van der Waals surface area contributed by atoms with E-state index in [1.807, 2.05) is 44.2 Å². The lowest BCUT2D eigenvalue weighted by molar-refractivity contribution is -0.144. The van der Waals surface area contributed by atoms with Crippen molar-refractivity contribution >= 4 is 18.0 Å². The summed E-state index contributed by atoms with van der Waals surface area (Å²) in [5.74, 6) is -1.46. The first-order valence-corrected chi connectivity index (χ1v) is 8.23. The first-order valence-electron chi connectivity index (χ1n) is 8.23. The largest absolute Gasteiger partial charge is 0.465 e. The lowest BCUT2D eigenvalue weighted by atomic mass is 10.0. The quantitative estimate of drug-likeness (QED) is 0.251. The van der Waals surface area contributed by atoms with Crippen molar-refractivity contribution in [3.8, 4) is 0 Å². The summed E-state index contributed by atoms with van der Waals surface area (Å²) in [5.41, 5.74) is 0.576. The molecule has 0 aliphatic carbocycles. The molecular weight excluding hydrogens is 338 g/mol. The first-order chi connectivity index (χ1) is 12.4. The van der Waals surface area contributed by atoms with Crippen LogP contribution in [0.3, 0.4) is 0 Å². The Hall–Kier alpha value is -2.83. The number of alkyl carbamates (subject to hydrolysis) is 1. The first kappa shape index (κ1) is 21.2. The van der Waals surface area contributed by atoms with Crippen molar-refractivity contribution in [2.24, 2.45) is 5.92 Å². The number of benzene rings is 1. The fourth-order valence-electron chi connectivity index (χ4n) is 2.23. The van der Waals surface area contributed by atoms with E-state index in [9.17, 15) is 14.4 Å². The average Bonchev–Trinajstić information content (AvgIpc) is 2.63. The molecule has 7 nitrogen and oxygen atoms in total. The maximum Gasteiger partial charge on any atom is 0.407 e. The summed E-state index contributed by atoms with van der Waals surface area (Å²) in [5, 5.41) is 2.65. The molecule has 1 amide bonds. The topological polar surface area (TPSA) is 90.9 Å². The number of carbonyl (C=O) groups excluding carboxylic acids is 3. The predicted molar refractivity (Wildman–Crippen MR) is 95.1 cm³/mol. The van der Waals surface area contributed by atoms with Gasteiger partial charge in [-0.15, -0.1) is 0 Å². The molecule has 0 heterocycles. The van der Waals surface area contributed by atoms with E-state index in [0.29, 0.717) is 6.42 Å². The molecule has 0 aliphatic heterocycles. The van der Waals surface area contributed by atoms with Crippen LogP contribution in [0.15, 0.2) is 42.0 Å². The molecule has 1 N–H and O–H groups in total. The second kappa shape index (κ2) is 10.9. The van der Waals surface area contributed by atoms with Crippen LogP contribution < -0.4 is 5.32 Å². The van der Waals surface area contributed by atoms with Gasteiger partial charge in [0.15, 0.2) is 0 Å².